The second-order valence-corrected chi connectivity index (χ2v) is 17.4. The van der Waals surface area contributed by atoms with Crippen molar-refractivity contribution < 1.29 is 0 Å². The predicted molar refractivity (Wildman–Crippen MR) is 294 cm³/mol. The van der Waals surface area contributed by atoms with Crippen LogP contribution in [-0.4, -0.2) is 71.9 Å². The summed E-state index contributed by atoms with van der Waals surface area (Å²) in [6.07, 6.45) is 8.62. The molecule has 5 heterocycles. The maximum Gasteiger partial charge on any atom is 0.0737 e. The summed E-state index contributed by atoms with van der Waals surface area (Å²) in [5, 5.41) is 0. The van der Waals surface area contributed by atoms with Gasteiger partial charge in [0, 0.05) is 109 Å². The molecule has 8 bridgehead atoms. The Balaban J connectivity index is 1.53. The molecule has 0 radical (unpaired) electrons. The predicted octanol–water partition coefficient (Wildman–Crippen LogP) is 14.5. The number of aromatic amines is 1. The van der Waals surface area contributed by atoms with Gasteiger partial charge in [-0.3, -0.25) is 0 Å². The minimum Gasteiger partial charge on any atom is -0.372 e. The second kappa shape index (κ2) is 20.3. The third-order valence-electron chi connectivity index (χ3n) is 13.8. The summed E-state index contributed by atoms with van der Waals surface area (Å²) in [4.78, 5) is 24.0. The highest BCUT2D eigenvalue weighted by molar-refractivity contribution is 6.11. The molecule has 7 aromatic rings. The topological polar surface area (TPSA) is 59.5 Å². The molecule has 0 saturated carbocycles. The maximum atomic E-state index is 5.52. The van der Waals surface area contributed by atoms with Gasteiger partial charge in [0.15, 0.2) is 0 Å². The van der Waals surface area contributed by atoms with E-state index in [1.54, 1.807) is 0 Å². The van der Waals surface area contributed by atoms with Crippen molar-refractivity contribution in [1.82, 2.24) is 19.5 Å². The van der Waals surface area contributed by atoms with Crippen LogP contribution in [-0.2, 0) is 0 Å². The standard InChI is InChI=1S/C60H66N8/c1-9-64(10-2)50-28-17-42(18-29-50)57-55-38-27-48(63-55)40-47-24-23-45(61-47)39-46-25-26-49(62-46)41-56-58(43-19-30-51(31-20-43)65(11-3)12-4)59(44-21-32-52(33-22-44)66(13-5)14-6)60(57)68(56)54-36-34-53(35-37-54)67(15-7)16-8/h17-41,61H,9-16H2,1-8H3. The molecular weight excluding hydrogens is 833 g/mol. The lowest BCUT2D eigenvalue weighted by Crippen LogP contribution is -2.21. The van der Waals surface area contributed by atoms with E-state index < -0.39 is 0 Å². The van der Waals surface area contributed by atoms with Crippen molar-refractivity contribution in [1.29, 1.82) is 0 Å². The van der Waals surface area contributed by atoms with E-state index in [0.717, 1.165) is 136 Å². The van der Waals surface area contributed by atoms with Crippen LogP contribution in [0.4, 0.5) is 22.7 Å². The fourth-order valence-electron chi connectivity index (χ4n) is 10.1. The minimum atomic E-state index is 0.884. The molecule has 8 nitrogen and oxygen atoms in total. The van der Waals surface area contributed by atoms with Crippen LogP contribution in [0.5, 0.6) is 0 Å². The first-order chi connectivity index (χ1) is 33.3. The van der Waals surface area contributed by atoms with Crippen LogP contribution in [0.25, 0.3) is 85.4 Å². The van der Waals surface area contributed by atoms with Gasteiger partial charge in [0.25, 0.3) is 0 Å². The Morgan fingerprint density at radius 2 is 0.750 bits per heavy atom. The van der Waals surface area contributed by atoms with Gasteiger partial charge < -0.3 is 29.2 Å². The number of rotatable bonds is 16. The summed E-state index contributed by atoms with van der Waals surface area (Å²) in [6, 6.07) is 47.6. The van der Waals surface area contributed by atoms with Gasteiger partial charge in [0.1, 0.15) is 0 Å². The fraction of sp³-hybridized carbons (Fsp3) is 0.267. The van der Waals surface area contributed by atoms with E-state index in [2.05, 4.69) is 236 Å². The molecule has 0 saturated heterocycles. The lowest BCUT2D eigenvalue weighted by Gasteiger charge is -2.22. The lowest BCUT2D eigenvalue weighted by atomic mass is 9.92. The number of nitrogens with one attached hydrogen (secondary N) is 1. The third kappa shape index (κ3) is 8.95. The van der Waals surface area contributed by atoms with E-state index in [-0.39, 0.29) is 0 Å². The van der Waals surface area contributed by atoms with Crippen molar-refractivity contribution in [2.75, 3.05) is 72.0 Å². The summed E-state index contributed by atoms with van der Waals surface area (Å²) < 4.78 is 2.50. The summed E-state index contributed by atoms with van der Waals surface area (Å²) in [5.74, 6) is 0. The molecule has 4 aromatic carbocycles. The Bertz CT molecular complexity index is 3080. The Morgan fingerprint density at radius 1 is 0.382 bits per heavy atom. The van der Waals surface area contributed by atoms with Gasteiger partial charge in [-0.25, -0.2) is 9.97 Å². The number of aromatic nitrogens is 4. The Morgan fingerprint density at radius 3 is 1.19 bits per heavy atom. The molecule has 3 aromatic heterocycles. The van der Waals surface area contributed by atoms with Crippen LogP contribution in [0.3, 0.4) is 0 Å². The highest BCUT2D eigenvalue weighted by Crippen LogP contribution is 2.48. The van der Waals surface area contributed by atoms with Gasteiger partial charge >= 0.3 is 0 Å². The van der Waals surface area contributed by atoms with E-state index in [4.69, 9.17) is 9.97 Å². The molecule has 9 rings (SSSR count). The van der Waals surface area contributed by atoms with Gasteiger partial charge in [-0.2, -0.15) is 0 Å². The largest absolute Gasteiger partial charge is 0.372 e. The highest BCUT2D eigenvalue weighted by Gasteiger charge is 2.26. The van der Waals surface area contributed by atoms with Gasteiger partial charge in [-0.1, -0.05) is 36.4 Å². The third-order valence-corrected chi connectivity index (χ3v) is 13.8. The molecule has 0 unspecified atom stereocenters. The molecule has 1 N–H and O–H groups in total. The fourth-order valence-corrected chi connectivity index (χ4v) is 10.1. The Hall–Kier alpha value is -7.32. The molecule has 0 atom stereocenters. The molecule has 8 heteroatoms. The number of hydrogen-bond donors (Lipinski definition) is 1. The molecule has 0 spiro atoms. The second-order valence-electron chi connectivity index (χ2n) is 17.4. The molecule has 0 amide bonds. The summed E-state index contributed by atoms with van der Waals surface area (Å²) in [5.41, 5.74) is 20.2. The van der Waals surface area contributed by atoms with Crippen molar-refractivity contribution in [3.8, 4) is 39.1 Å². The van der Waals surface area contributed by atoms with Crippen molar-refractivity contribution >= 4 is 69.1 Å². The summed E-state index contributed by atoms with van der Waals surface area (Å²) in [7, 11) is 0. The van der Waals surface area contributed by atoms with Crippen LogP contribution < -0.4 is 19.6 Å². The van der Waals surface area contributed by atoms with E-state index in [9.17, 15) is 0 Å². The number of H-pyrrole nitrogens is 1. The van der Waals surface area contributed by atoms with Crippen LogP contribution in [0.1, 0.15) is 78.2 Å². The van der Waals surface area contributed by atoms with Crippen LogP contribution >= 0.6 is 0 Å². The molecule has 2 aliphatic rings. The Kier molecular flexibility index (Phi) is 13.7. The lowest BCUT2D eigenvalue weighted by molar-refractivity contribution is 0.866. The van der Waals surface area contributed by atoms with Gasteiger partial charge in [0.05, 0.1) is 33.8 Å². The zero-order valence-electron chi connectivity index (χ0n) is 41.2. The SMILES string of the molecule is CCN(CC)c1ccc(-c2c(-c3ccc(N(CC)CC)cc3)c3c(-c4ccc(N(CC)CC)cc4)c4nc(cc5ccc(cc6nc(cc2n3-c2ccc(N(CC)CC)cc2)C=C6)[nH]5)C=C4)cc1. The van der Waals surface area contributed by atoms with Crippen LogP contribution in [0.15, 0.2) is 127 Å². The van der Waals surface area contributed by atoms with Crippen molar-refractivity contribution in [3.63, 3.8) is 0 Å². The normalized spacial score (nSPS) is 11.9. The Labute approximate surface area is 403 Å². The van der Waals surface area contributed by atoms with E-state index in [0.29, 0.717) is 0 Å². The average molecular weight is 899 g/mol. The number of anilines is 4. The molecule has 68 heavy (non-hydrogen) atoms. The summed E-state index contributed by atoms with van der Waals surface area (Å²) in [6.45, 7) is 25.3. The quantitative estimate of drug-likeness (QED) is 0.104. The van der Waals surface area contributed by atoms with Crippen molar-refractivity contribution in [2.45, 2.75) is 55.4 Å². The molecule has 0 aliphatic carbocycles. The van der Waals surface area contributed by atoms with Crippen molar-refractivity contribution in [2.24, 2.45) is 0 Å². The molecule has 0 fully saturated rings. The molecular formula is C60H66N8. The first-order valence-electron chi connectivity index (χ1n) is 24.9. The van der Waals surface area contributed by atoms with Crippen LogP contribution in [0.2, 0.25) is 0 Å². The van der Waals surface area contributed by atoms with Crippen LogP contribution in [0, 0.1) is 0 Å². The smallest absolute Gasteiger partial charge is 0.0737 e. The maximum absolute atomic E-state index is 5.52. The monoisotopic (exact) mass is 899 g/mol. The van der Waals surface area contributed by atoms with E-state index in [1.807, 2.05) is 0 Å². The first kappa shape index (κ1) is 45.8. The minimum absolute atomic E-state index is 0.884. The van der Waals surface area contributed by atoms with Gasteiger partial charge in [0.2, 0.25) is 0 Å². The number of benzene rings is 4. The number of hydrogen-bond acceptors (Lipinski definition) is 6. The molecule has 2 aliphatic heterocycles. The summed E-state index contributed by atoms with van der Waals surface area (Å²) >= 11 is 0. The van der Waals surface area contributed by atoms with Gasteiger partial charge in [-0.15, -0.1) is 0 Å². The average Bonchev–Trinajstić information content (AvgIpc) is 4.20. The van der Waals surface area contributed by atoms with E-state index >= 15 is 0 Å². The van der Waals surface area contributed by atoms with Crippen molar-refractivity contribution in [3.05, 3.63) is 150 Å². The number of nitrogens with zero attached hydrogens (tertiary/aromatic N) is 7. The first-order valence-corrected chi connectivity index (χ1v) is 24.9. The van der Waals surface area contributed by atoms with Gasteiger partial charge in [-0.05, 0) is 187 Å². The highest BCUT2D eigenvalue weighted by atomic mass is 15.1. The molecule has 346 valence electrons. The zero-order chi connectivity index (χ0) is 47.3. The zero-order valence-corrected chi connectivity index (χ0v) is 41.2. The van der Waals surface area contributed by atoms with E-state index in [1.165, 1.54) is 22.7 Å². The number of fused-ring (bicyclic) bond motifs is 8.